The van der Waals surface area contributed by atoms with Crippen molar-refractivity contribution in [2.45, 2.75) is 6.92 Å². The van der Waals surface area contributed by atoms with Crippen molar-refractivity contribution in [3.63, 3.8) is 0 Å². The van der Waals surface area contributed by atoms with Crippen LogP contribution < -0.4 is 9.64 Å². The molecule has 0 atom stereocenters. The van der Waals surface area contributed by atoms with Crippen molar-refractivity contribution in [3.05, 3.63) is 78.1 Å². The van der Waals surface area contributed by atoms with Gasteiger partial charge in [0, 0.05) is 37.9 Å². The Kier molecular flexibility index (Phi) is 4.83. The Morgan fingerprint density at radius 2 is 1.59 bits per heavy atom. The van der Waals surface area contributed by atoms with Gasteiger partial charge in [-0.2, -0.15) is 0 Å². The second-order valence-corrected chi connectivity index (χ2v) is 6.65. The molecule has 2 aromatic carbocycles. The number of hydrogen-bond donors (Lipinski definition) is 0. The number of para-hydroxylation sites is 1. The van der Waals surface area contributed by atoms with E-state index in [9.17, 15) is 4.79 Å². The lowest BCUT2D eigenvalue weighted by atomic mass is 10.2. The van der Waals surface area contributed by atoms with Crippen molar-refractivity contribution in [3.8, 4) is 11.7 Å². The van der Waals surface area contributed by atoms with Crippen LogP contribution in [0.1, 0.15) is 16.1 Å². The monoisotopic (exact) mass is 362 g/mol. The maximum absolute atomic E-state index is 12.7. The summed E-state index contributed by atoms with van der Waals surface area (Å²) in [4.78, 5) is 16.8. The molecule has 1 saturated heterocycles. The smallest absolute Gasteiger partial charge is 0.290 e. The molecule has 0 bridgehead atoms. The Labute approximate surface area is 158 Å². The summed E-state index contributed by atoms with van der Waals surface area (Å²) in [5, 5.41) is 0. The van der Waals surface area contributed by atoms with Gasteiger partial charge in [-0.25, -0.2) is 0 Å². The average Bonchev–Trinajstić information content (AvgIpc) is 3.18. The van der Waals surface area contributed by atoms with E-state index in [1.165, 1.54) is 5.69 Å². The van der Waals surface area contributed by atoms with E-state index in [1.54, 1.807) is 12.1 Å². The fraction of sp³-hybridized carbons (Fsp3) is 0.227. The van der Waals surface area contributed by atoms with E-state index >= 15 is 0 Å². The lowest BCUT2D eigenvalue weighted by molar-refractivity contribution is 0.0709. The zero-order valence-electron chi connectivity index (χ0n) is 15.3. The zero-order valence-corrected chi connectivity index (χ0v) is 15.3. The largest absolute Gasteiger partial charge is 0.426 e. The molecular weight excluding hydrogens is 340 g/mol. The van der Waals surface area contributed by atoms with Gasteiger partial charge in [-0.05, 0) is 37.3 Å². The summed E-state index contributed by atoms with van der Waals surface area (Å²) >= 11 is 0. The Hall–Kier alpha value is -3.21. The Bertz CT molecular complexity index is 895. The first-order chi connectivity index (χ1) is 13.2. The Balaban J connectivity index is 1.36. The van der Waals surface area contributed by atoms with E-state index in [1.807, 2.05) is 54.3 Å². The second-order valence-electron chi connectivity index (χ2n) is 6.65. The number of amides is 1. The molecule has 2 heterocycles. The van der Waals surface area contributed by atoms with Crippen molar-refractivity contribution in [2.75, 3.05) is 31.1 Å². The fourth-order valence-corrected chi connectivity index (χ4v) is 3.17. The number of carbonyl (C=O) groups is 1. The van der Waals surface area contributed by atoms with Crippen LogP contribution in [-0.2, 0) is 0 Å². The minimum atomic E-state index is -0.0959. The van der Waals surface area contributed by atoms with Gasteiger partial charge < -0.3 is 19.0 Å². The van der Waals surface area contributed by atoms with E-state index in [2.05, 4.69) is 17.0 Å². The highest BCUT2D eigenvalue weighted by Crippen LogP contribution is 2.25. The van der Waals surface area contributed by atoms with Crippen molar-refractivity contribution in [1.82, 2.24) is 4.90 Å². The van der Waals surface area contributed by atoms with Crippen LogP contribution in [0.4, 0.5) is 5.69 Å². The van der Waals surface area contributed by atoms with Crippen molar-refractivity contribution in [2.24, 2.45) is 0 Å². The maximum Gasteiger partial charge on any atom is 0.290 e. The number of nitrogens with zero attached hydrogens (tertiary/aromatic N) is 2. The molecule has 0 saturated carbocycles. The summed E-state index contributed by atoms with van der Waals surface area (Å²) in [6, 6.07) is 21.3. The molecule has 3 aromatic rings. The van der Waals surface area contributed by atoms with Gasteiger partial charge in [0.25, 0.3) is 11.9 Å². The molecule has 0 radical (unpaired) electrons. The standard InChI is InChI=1S/C22H22N2O3/c1-17-7-9-19(10-8-17)26-21-12-11-20(27-21)22(25)24-15-13-23(14-16-24)18-5-3-2-4-6-18/h2-12H,13-16H2,1H3. The molecular formula is C22H22N2O3. The number of rotatable bonds is 4. The minimum Gasteiger partial charge on any atom is -0.426 e. The van der Waals surface area contributed by atoms with Crippen LogP contribution in [0.3, 0.4) is 0 Å². The molecule has 1 fully saturated rings. The highest BCUT2D eigenvalue weighted by Gasteiger charge is 2.24. The number of piperazine rings is 1. The first-order valence-electron chi connectivity index (χ1n) is 9.13. The molecule has 0 aliphatic carbocycles. The third kappa shape index (κ3) is 3.97. The van der Waals surface area contributed by atoms with Gasteiger partial charge in [0.05, 0.1) is 0 Å². The van der Waals surface area contributed by atoms with Crippen molar-refractivity contribution in [1.29, 1.82) is 0 Å². The van der Waals surface area contributed by atoms with E-state index in [0.717, 1.165) is 18.7 Å². The first kappa shape index (κ1) is 17.2. The lowest BCUT2D eigenvalue weighted by Gasteiger charge is -2.35. The fourth-order valence-electron chi connectivity index (χ4n) is 3.17. The summed E-state index contributed by atoms with van der Waals surface area (Å²) in [6.07, 6.45) is 0. The number of aryl methyl sites for hydroxylation is 1. The SMILES string of the molecule is Cc1ccc(Oc2ccc(C(=O)N3CCN(c4ccccc4)CC3)o2)cc1. The average molecular weight is 362 g/mol. The topological polar surface area (TPSA) is 45.9 Å². The maximum atomic E-state index is 12.7. The molecule has 27 heavy (non-hydrogen) atoms. The highest BCUT2D eigenvalue weighted by atomic mass is 16.6. The van der Waals surface area contributed by atoms with Gasteiger partial charge in [-0.1, -0.05) is 35.9 Å². The molecule has 0 spiro atoms. The molecule has 1 aliphatic rings. The predicted octanol–water partition coefficient (Wildman–Crippen LogP) is 4.34. The molecule has 5 heteroatoms. The summed E-state index contributed by atoms with van der Waals surface area (Å²) in [7, 11) is 0. The van der Waals surface area contributed by atoms with Gasteiger partial charge in [0.2, 0.25) is 0 Å². The molecule has 1 aromatic heterocycles. The number of ether oxygens (including phenoxy) is 1. The molecule has 4 rings (SSSR count). The van der Waals surface area contributed by atoms with Gasteiger partial charge in [-0.3, -0.25) is 4.79 Å². The van der Waals surface area contributed by atoms with Crippen LogP contribution in [0.25, 0.3) is 0 Å². The molecule has 0 unspecified atom stereocenters. The van der Waals surface area contributed by atoms with Crippen molar-refractivity contribution >= 4 is 11.6 Å². The molecule has 5 nitrogen and oxygen atoms in total. The van der Waals surface area contributed by atoms with Gasteiger partial charge in [0.1, 0.15) is 5.75 Å². The quantitative estimate of drug-likeness (QED) is 0.692. The van der Waals surface area contributed by atoms with Crippen LogP contribution >= 0.6 is 0 Å². The number of carbonyl (C=O) groups excluding carboxylic acids is 1. The summed E-state index contributed by atoms with van der Waals surface area (Å²) in [5.74, 6) is 1.22. The Morgan fingerprint density at radius 1 is 0.889 bits per heavy atom. The molecule has 138 valence electrons. The minimum absolute atomic E-state index is 0.0959. The first-order valence-corrected chi connectivity index (χ1v) is 9.13. The molecule has 1 amide bonds. The van der Waals surface area contributed by atoms with E-state index in [-0.39, 0.29) is 5.91 Å². The second kappa shape index (κ2) is 7.58. The van der Waals surface area contributed by atoms with Crippen LogP contribution in [0.15, 0.2) is 71.1 Å². The Morgan fingerprint density at radius 3 is 2.30 bits per heavy atom. The highest BCUT2D eigenvalue weighted by molar-refractivity contribution is 5.91. The van der Waals surface area contributed by atoms with Crippen LogP contribution in [0, 0.1) is 6.92 Å². The summed E-state index contributed by atoms with van der Waals surface area (Å²) in [5.41, 5.74) is 2.35. The molecule has 0 N–H and O–H groups in total. The van der Waals surface area contributed by atoms with Crippen LogP contribution in [0.5, 0.6) is 11.7 Å². The lowest BCUT2D eigenvalue weighted by Crippen LogP contribution is -2.48. The van der Waals surface area contributed by atoms with Gasteiger partial charge in [0.15, 0.2) is 5.76 Å². The van der Waals surface area contributed by atoms with Crippen LogP contribution in [0.2, 0.25) is 0 Å². The van der Waals surface area contributed by atoms with Crippen molar-refractivity contribution < 1.29 is 13.9 Å². The number of hydrogen-bond acceptors (Lipinski definition) is 4. The summed E-state index contributed by atoms with van der Waals surface area (Å²) < 4.78 is 11.3. The zero-order chi connectivity index (χ0) is 18.6. The number of anilines is 1. The molecule has 1 aliphatic heterocycles. The van der Waals surface area contributed by atoms with E-state index < -0.39 is 0 Å². The number of furan rings is 1. The normalized spacial score (nSPS) is 14.3. The number of benzene rings is 2. The third-order valence-corrected chi connectivity index (χ3v) is 4.72. The van der Waals surface area contributed by atoms with Gasteiger partial charge in [-0.15, -0.1) is 0 Å². The van der Waals surface area contributed by atoms with E-state index in [4.69, 9.17) is 9.15 Å². The van der Waals surface area contributed by atoms with Gasteiger partial charge >= 0.3 is 0 Å². The van der Waals surface area contributed by atoms with E-state index in [0.29, 0.717) is 30.5 Å². The van der Waals surface area contributed by atoms with Crippen LogP contribution in [-0.4, -0.2) is 37.0 Å². The third-order valence-electron chi connectivity index (χ3n) is 4.72. The summed E-state index contributed by atoms with van der Waals surface area (Å²) in [6.45, 7) is 4.97. The predicted molar refractivity (Wildman–Crippen MR) is 105 cm³/mol.